The Balaban J connectivity index is 2.46. The summed E-state index contributed by atoms with van der Waals surface area (Å²) in [7, 11) is 0. The van der Waals surface area contributed by atoms with Gasteiger partial charge in [-0.2, -0.15) is 4.99 Å². The molecule has 56 valence electrons. The number of rotatable bonds is 1. The number of hydrogen-bond acceptors (Lipinski definition) is 1. The van der Waals surface area contributed by atoms with Crippen LogP contribution in [0.5, 0.6) is 0 Å². The molecule has 2 nitrogen and oxygen atoms in total. The van der Waals surface area contributed by atoms with E-state index in [1.807, 2.05) is 12.3 Å². The van der Waals surface area contributed by atoms with Crippen LogP contribution in [-0.4, -0.2) is 16.9 Å². The summed E-state index contributed by atoms with van der Waals surface area (Å²) >= 11 is 0. The molecule has 0 aromatic carbocycles. The van der Waals surface area contributed by atoms with Crippen molar-refractivity contribution >= 4 is 5.84 Å². The first-order valence-corrected chi connectivity index (χ1v) is 3.87. The van der Waals surface area contributed by atoms with Crippen LogP contribution in [0.3, 0.4) is 0 Å². The van der Waals surface area contributed by atoms with Gasteiger partial charge in [0.05, 0.1) is 12.7 Å². The minimum Gasteiger partial charge on any atom is -0.221 e. The Bertz CT molecular complexity index is 284. The van der Waals surface area contributed by atoms with Gasteiger partial charge in [0.25, 0.3) is 0 Å². The van der Waals surface area contributed by atoms with E-state index in [0.717, 1.165) is 16.9 Å². The molecule has 0 aromatic rings. The number of fused-ring (bicyclic) bond motifs is 1. The zero-order valence-corrected chi connectivity index (χ0v) is 6.57. The maximum atomic E-state index is 4.27. The Hall–Kier alpha value is -1.15. The largest absolute Gasteiger partial charge is 0.237 e. The highest BCUT2D eigenvalue weighted by Crippen LogP contribution is 2.20. The van der Waals surface area contributed by atoms with Crippen molar-refractivity contribution < 1.29 is 4.48 Å². The Morgan fingerprint density at radius 2 is 2.27 bits per heavy atom. The number of hydrogen-bond donors (Lipinski definition) is 0. The summed E-state index contributed by atoms with van der Waals surface area (Å²) in [5, 5.41) is 0. The molecule has 0 aliphatic carbocycles. The molecule has 0 fully saturated rings. The Kier molecular flexibility index (Phi) is 1.29. The molecule has 0 amide bonds. The molecular weight excluding hydrogens is 136 g/mol. The molecule has 2 aliphatic heterocycles. The standard InChI is InChI=1S/C9H11N2/c1-2-11-7-4-3-5-9(11)10-6-8-11/h3-8H,2H2,1H3/q+1. The van der Waals surface area contributed by atoms with Crippen molar-refractivity contribution in [3.63, 3.8) is 0 Å². The van der Waals surface area contributed by atoms with Gasteiger partial charge in [0, 0.05) is 6.08 Å². The summed E-state index contributed by atoms with van der Waals surface area (Å²) in [4.78, 5) is 4.27. The molecule has 11 heavy (non-hydrogen) atoms. The lowest BCUT2D eigenvalue weighted by Crippen LogP contribution is -2.40. The highest BCUT2D eigenvalue weighted by Gasteiger charge is 2.30. The van der Waals surface area contributed by atoms with E-state index in [4.69, 9.17) is 0 Å². The monoisotopic (exact) mass is 147 g/mol. The Morgan fingerprint density at radius 1 is 1.36 bits per heavy atom. The number of likely N-dealkylation sites (N-methyl/N-ethyl adjacent to an activating group) is 1. The smallest absolute Gasteiger partial charge is 0.221 e. The Morgan fingerprint density at radius 3 is 3.00 bits per heavy atom. The van der Waals surface area contributed by atoms with E-state index >= 15 is 0 Å². The summed E-state index contributed by atoms with van der Waals surface area (Å²) < 4.78 is 0.788. The third-order valence-electron chi connectivity index (χ3n) is 2.20. The van der Waals surface area contributed by atoms with Gasteiger partial charge in [0.2, 0.25) is 5.84 Å². The molecule has 0 spiro atoms. The second kappa shape index (κ2) is 2.17. The second-order valence-electron chi connectivity index (χ2n) is 2.73. The molecule has 0 aromatic heterocycles. The predicted molar refractivity (Wildman–Crippen MR) is 45.7 cm³/mol. The highest BCUT2D eigenvalue weighted by atomic mass is 15.4. The van der Waals surface area contributed by atoms with E-state index in [0.29, 0.717) is 0 Å². The number of amidine groups is 1. The van der Waals surface area contributed by atoms with Crippen LogP contribution in [0.1, 0.15) is 6.92 Å². The van der Waals surface area contributed by atoms with Crippen molar-refractivity contribution in [2.24, 2.45) is 4.99 Å². The zero-order valence-electron chi connectivity index (χ0n) is 6.57. The molecule has 2 heterocycles. The van der Waals surface area contributed by atoms with Crippen LogP contribution in [0.25, 0.3) is 0 Å². The minimum absolute atomic E-state index is 0.788. The highest BCUT2D eigenvalue weighted by molar-refractivity contribution is 5.90. The topological polar surface area (TPSA) is 12.4 Å². The first kappa shape index (κ1) is 6.55. The van der Waals surface area contributed by atoms with Crippen LogP contribution in [0, 0.1) is 0 Å². The van der Waals surface area contributed by atoms with Crippen molar-refractivity contribution in [2.75, 3.05) is 6.54 Å². The van der Waals surface area contributed by atoms with Gasteiger partial charge in [0.1, 0.15) is 12.4 Å². The molecule has 2 aliphatic rings. The molecule has 2 rings (SSSR count). The number of aliphatic imine (C=N–C) groups is 1. The van der Waals surface area contributed by atoms with Crippen LogP contribution >= 0.6 is 0 Å². The first-order chi connectivity index (χ1) is 5.37. The maximum absolute atomic E-state index is 4.27. The molecule has 0 N–H and O–H groups in total. The fourth-order valence-corrected chi connectivity index (χ4v) is 1.44. The van der Waals surface area contributed by atoms with Gasteiger partial charge >= 0.3 is 0 Å². The summed E-state index contributed by atoms with van der Waals surface area (Å²) in [6.07, 6.45) is 12.3. The van der Waals surface area contributed by atoms with Crippen molar-refractivity contribution in [2.45, 2.75) is 6.92 Å². The predicted octanol–water partition coefficient (Wildman–Crippen LogP) is 1.79. The lowest BCUT2D eigenvalue weighted by Gasteiger charge is -2.26. The van der Waals surface area contributed by atoms with Gasteiger partial charge in [-0.1, -0.05) is 0 Å². The molecular formula is C9H11N2+. The van der Waals surface area contributed by atoms with Crippen molar-refractivity contribution in [3.8, 4) is 0 Å². The minimum atomic E-state index is 0.788. The van der Waals surface area contributed by atoms with Gasteiger partial charge in [-0.15, -0.1) is 0 Å². The van der Waals surface area contributed by atoms with Gasteiger partial charge in [-0.3, -0.25) is 0 Å². The quantitative estimate of drug-likeness (QED) is 0.501. The van der Waals surface area contributed by atoms with Gasteiger partial charge in [-0.05, 0) is 19.1 Å². The molecule has 2 heteroatoms. The molecule has 1 unspecified atom stereocenters. The molecule has 0 saturated heterocycles. The average molecular weight is 147 g/mol. The normalized spacial score (nSPS) is 32.3. The van der Waals surface area contributed by atoms with E-state index in [1.165, 1.54) is 0 Å². The van der Waals surface area contributed by atoms with E-state index in [-0.39, 0.29) is 0 Å². The van der Waals surface area contributed by atoms with Crippen LogP contribution in [0.15, 0.2) is 41.8 Å². The first-order valence-electron chi connectivity index (χ1n) is 3.87. The van der Waals surface area contributed by atoms with Crippen molar-refractivity contribution in [1.29, 1.82) is 0 Å². The second-order valence-corrected chi connectivity index (χ2v) is 2.73. The molecule has 0 saturated carbocycles. The van der Waals surface area contributed by atoms with Crippen LogP contribution in [0.2, 0.25) is 0 Å². The van der Waals surface area contributed by atoms with E-state index in [1.54, 1.807) is 0 Å². The average Bonchev–Trinajstić information content (AvgIpc) is 2.48. The summed E-state index contributed by atoms with van der Waals surface area (Å²) in [6, 6.07) is 0. The maximum Gasteiger partial charge on any atom is 0.237 e. The third-order valence-corrected chi connectivity index (χ3v) is 2.20. The SMILES string of the molecule is CC[N+]12C=CC=CC1=NC=C2. The molecule has 0 bridgehead atoms. The number of nitrogens with zero attached hydrogens (tertiary/aromatic N) is 2. The van der Waals surface area contributed by atoms with Crippen LogP contribution in [0.4, 0.5) is 0 Å². The fraction of sp³-hybridized carbons (Fsp3) is 0.222. The third kappa shape index (κ3) is 0.795. The van der Waals surface area contributed by atoms with Crippen molar-refractivity contribution in [1.82, 2.24) is 0 Å². The van der Waals surface area contributed by atoms with Crippen LogP contribution in [-0.2, 0) is 0 Å². The van der Waals surface area contributed by atoms with Crippen molar-refractivity contribution in [3.05, 3.63) is 36.8 Å². The summed E-state index contributed by atoms with van der Waals surface area (Å²) in [5.74, 6) is 1.12. The van der Waals surface area contributed by atoms with E-state index in [2.05, 4.69) is 36.5 Å². The van der Waals surface area contributed by atoms with Gasteiger partial charge in [0.15, 0.2) is 0 Å². The van der Waals surface area contributed by atoms with E-state index in [9.17, 15) is 0 Å². The van der Waals surface area contributed by atoms with Crippen LogP contribution < -0.4 is 0 Å². The lowest BCUT2D eigenvalue weighted by molar-refractivity contribution is -0.726. The van der Waals surface area contributed by atoms with Gasteiger partial charge in [-0.25, -0.2) is 4.48 Å². The Labute approximate surface area is 66.4 Å². The summed E-state index contributed by atoms with van der Waals surface area (Å²) in [6.45, 7) is 3.20. The number of quaternary nitrogens is 1. The van der Waals surface area contributed by atoms with E-state index < -0.39 is 0 Å². The molecule has 1 atom stereocenters. The molecule has 0 radical (unpaired) electrons. The van der Waals surface area contributed by atoms with Gasteiger partial charge < -0.3 is 0 Å². The number of allylic oxidation sites excluding steroid dienone is 2. The fourth-order valence-electron chi connectivity index (χ4n) is 1.44. The summed E-state index contributed by atoms with van der Waals surface area (Å²) in [5.41, 5.74) is 0. The zero-order chi connectivity index (χ0) is 7.73. The lowest BCUT2D eigenvalue weighted by atomic mass is 10.3.